The van der Waals surface area contributed by atoms with Crippen molar-refractivity contribution in [2.45, 2.75) is 44.9 Å². The molecule has 0 radical (unpaired) electrons. The van der Waals surface area contributed by atoms with Crippen molar-refractivity contribution in [3.8, 4) is 5.75 Å². The van der Waals surface area contributed by atoms with Crippen LogP contribution in [0.25, 0.3) is 10.8 Å². The predicted octanol–water partition coefficient (Wildman–Crippen LogP) is 8.58. The summed E-state index contributed by atoms with van der Waals surface area (Å²) >= 11 is 0. The van der Waals surface area contributed by atoms with Gasteiger partial charge in [-0.2, -0.15) is 0 Å². The average Bonchev–Trinajstić information content (AvgIpc) is 2.89. The number of fused-ring (bicyclic) bond motifs is 1. The molecule has 0 aromatic heterocycles. The molecule has 4 aromatic rings. The molecule has 4 rings (SSSR count). The van der Waals surface area contributed by atoms with E-state index in [4.69, 9.17) is 4.74 Å². The van der Waals surface area contributed by atoms with Gasteiger partial charge in [-0.15, -0.1) is 13.2 Å². The van der Waals surface area contributed by atoms with E-state index < -0.39 is 41.2 Å². The number of ether oxygens (including phenoxy) is 2. The number of aryl methyl sites for hydroxylation is 4. The molecule has 0 fully saturated rings. The van der Waals surface area contributed by atoms with Crippen LogP contribution in [0.15, 0.2) is 54.6 Å². The van der Waals surface area contributed by atoms with Crippen molar-refractivity contribution >= 4 is 10.8 Å². The highest BCUT2D eigenvalue weighted by Gasteiger charge is 2.34. The largest absolute Gasteiger partial charge is 0.573 e. The zero-order valence-corrected chi connectivity index (χ0v) is 22.0. The molecule has 0 heterocycles. The van der Waals surface area contributed by atoms with Crippen LogP contribution in [-0.2, 0) is 36.8 Å². The number of methoxy groups -OCH3 is 1. The number of hydrogen-bond acceptors (Lipinski definition) is 2. The first-order valence-corrected chi connectivity index (χ1v) is 12.8. The van der Waals surface area contributed by atoms with Crippen molar-refractivity contribution in [2.24, 2.45) is 0 Å². The first-order chi connectivity index (χ1) is 19.4. The van der Waals surface area contributed by atoms with Gasteiger partial charge < -0.3 is 9.47 Å². The van der Waals surface area contributed by atoms with Gasteiger partial charge in [-0.3, -0.25) is 0 Å². The molecule has 0 aliphatic rings. The molecule has 41 heavy (non-hydrogen) atoms. The quantitative estimate of drug-likeness (QED) is 0.130. The van der Waals surface area contributed by atoms with Crippen LogP contribution in [0.5, 0.6) is 5.75 Å². The van der Waals surface area contributed by atoms with Crippen LogP contribution in [0.1, 0.15) is 34.2 Å². The van der Waals surface area contributed by atoms with Gasteiger partial charge in [-0.25, -0.2) is 22.0 Å². The number of rotatable bonds is 11. The lowest BCUT2D eigenvalue weighted by molar-refractivity contribution is -0.276. The van der Waals surface area contributed by atoms with Crippen molar-refractivity contribution < 1.29 is 44.6 Å². The SMILES string of the molecule is COCCCc1cc(F)c(CCc2ccc3c(F)c(CCc4cc(F)c(OC(F)(F)F)c(F)c4)ccc3c2)c(F)c1. The fourth-order valence-corrected chi connectivity index (χ4v) is 4.71. The molecule has 0 aliphatic carbocycles. The van der Waals surface area contributed by atoms with Crippen molar-refractivity contribution in [1.29, 1.82) is 0 Å². The first kappa shape index (κ1) is 30.3. The number of hydrogen-bond donors (Lipinski definition) is 0. The van der Waals surface area contributed by atoms with Crippen LogP contribution < -0.4 is 4.74 Å². The molecule has 0 N–H and O–H groups in total. The van der Waals surface area contributed by atoms with Crippen LogP contribution in [0.4, 0.5) is 35.1 Å². The van der Waals surface area contributed by atoms with Crippen molar-refractivity contribution in [3.63, 3.8) is 0 Å². The summed E-state index contributed by atoms with van der Waals surface area (Å²) in [4.78, 5) is 0. The number of halogens is 8. The number of benzene rings is 4. The lowest BCUT2D eigenvalue weighted by Crippen LogP contribution is -2.19. The summed E-state index contributed by atoms with van der Waals surface area (Å²) in [6, 6.07) is 12.2. The standard InChI is InChI=1S/C31H26F8O2/c1-40-12-2-3-19-14-25(32)24(26(33)15-19)11-6-18-5-10-23-22(13-18)9-8-21(29(23)36)7-4-20-16-27(34)30(28(35)17-20)41-31(37,38)39/h5,8-10,13-17H,2-4,6-7,11-12H2,1H3. The fraction of sp³-hybridized carbons (Fsp3) is 0.290. The third kappa shape index (κ3) is 7.75. The summed E-state index contributed by atoms with van der Waals surface area (Å²) in [5.41, 5.74) is 1.57. The molecular formula is C31H26F8O2. The van der Waals surface area contributed by atoms with Gasteiger partial charge in [0.2, 0.25) is 5.75 Å². The maximum atomic E-state index is 15.2. The summed E-state index contributed by atoms with van der Waals surface area (Å²) in [6.07, 6.45) is -3.68. The van der Waals surface area contributed by atoms with Gasteiger partial charge in [0.1, 0.15) is 17.5 Å². The van der Waals surface area contributed by atoms with E-state index in [0.29, 0.717) is 36.8 Å². The molecule has 0 spiro atoms. The average molecular weight is 583 g/mol. The lowest BCUT2D eigenvalue weighted by Gasteiger charge is -2.12. The molecule has 2 nitrogen and oxygen atoms in total. The maximum Gasteiger partial charge on any atom is 0.573 e. The Hall–Kier alpha value is -3.66. The Bertz CT molecular complexity index is 1490. The van der Waals surface area contributed by atoms with E-state index in [1.54, 1.807) is 31.4 Å². The Labute approximate surface area is 231 Å². The molecule has 0 bridgehead atoms. The van der Waals surface area contributed by atoms with Gasteiger partial charge in [0, 0.05) is 24.7 Å². The van der Waals surface area contributed by atoms with Gasteiger partial charge >= 0.3 is 6.36 Å². The Balaban J connectivity index is 1.43. The summed E-state index contributed by atoms with van der Waals surface area (Å²) in [5, 5.41) is 0.847. The normalized spacial score (nSPS) is 11.8. The smallest absolute Gasteiger partial charge is 0.399 e. The monoisotopic (exact) mass is 582 g/mol. The van der Waals surface area contributed by atoms with Crippen LogP contribution >= 0.6 is 0 Å². The van der Waals surface area contributed by atoms with Gasteiger partial charge in [0.25, 0.3) is 0 Å². The van der Waals surface area contributed by atoms with Crippen LogP contribution in [-0.4, -0.2) is 20.1 Å². The molecule has 0 unspecified atom stereocenters. The highest BCUT2D eigenvalue weighted by molar-refractivity contribution is 5.84. The van der Waals surface area contributed by atoms with E-state index in [1.807, 2.05) is 0 Å². The molecule has 4 aromatic carbocycles. The van der Waals surface area contributed by atoms with Gasteiger partial charge in [0.05, 0.1) is 0 Å². The second kappa shape index (κ2) is 12.9. The molecule has 0 atom stereocenters. The molecule has 10 heteroatoms. The predicted molar refractivity (Wildman–Crippen MR) is 138 cm³/mol. The Morgan fingerprint density at radius 1 is 0.634 bits per heavy atom. The highest BCUT2D eigenvalue weighted by Crippen LogP contribution is 2.30. The third-order valence-electron chi connectivity index (χ3n) is 6.74. The van der Waals surface area contributed by atoms with Crippen LogP contribution in [0.2, 0.25) is 0 Å². The number of alkyl halides is 3. The lowest BCUT2D eigenvalue weighted by atomic mass is 9.96. The highest BCUT2D eigenvalue weighted by atomic mass is 19.4. The Kier molecular flexibility index (Phi) is 9.53. The van der Waals surface area contributed by atoms with E-state index in [0.717, 1.165) is 17.7 Å². The summed E-state index contributed by atoms with van der Waals surface area (Å²) in [6.45, 7) is 0.493. The molecule has 218 valence electrons. The van der Waals surface area contributed by atoms with Gasteiger partial charge in [-0.1, -0.05) is 30.3 Å². The molecule has 0 saturated heterocycles. The van der Waals surface area contributed by atoms with Crippen LogP contribution in [0.3, 0.4) is 0 Å². The molecular weight excluding hydrogens is 556 g/mol. The second-order valence-electron chi connectivity index (χ2n) is 9.66. The Morgan fingerprint density at radius 3 is 1.88 bits per heavy atom. The summed E-state index contributed by atoms with van der Waals surface area (Å²) in [7, 11) is 1.56. The minimum atomic E-state index is -5.25. The third-order valence-corrected chi connectivity index (χ3v) is 6.74. The van der Waals surface area contributed by atoms with Gasteiger partial charge in [0.15, 0.2) is 11.6 Å². The van der Waals surface area contributed by atoms with Crippen molar-refractivity contribution in [2.75, 3.05) is 13.7 Å². The second-order valence-corrected chi connectivity index (χ2v) is 9.66. The van der Waals surface area contributed by atoms with E-state index >= 15 is 4.39 Å². The topological polar surface area (TPSA) is 18.5 Å². The minimum Gasteiger partial charge on any atom is -0.399 e. The minimum absolute atomic E-state index is 0.0204. The fourth-order valence-electron chi connectivity index (χ4n) is 4.71. The zero-order chi connectivity index (χ0) is 29.7. The maximum absolute atomic E-state index is 15.2. The zero-order valence-electron chi connectivity index (χ0n) is 22.0. The van der Waals surface area contributed by atoms with E-state index in [1.165, 1.54) is 18.2 Å². The van der Waals surface area contributed by atoms with Gasteiger partial charge in [-0.05, 0) is 90.4 Å². The first-order valence-electron chi connectivity index (χ1n) is 12.8. The van der Waals surface area contributed by atoms with Crippen LogP contribution in [0, 0.1) is 29.1 Å². The van der Waals surface area contributed by atoms with E-state index in [2.05, 4.69) is 4.74 Å². The van der Waals surface area contributed by atoms with E-state index in [9.17, 15) is 30.7 Å². The Morgan fingerprint density at radius 2 is 1.24 bits per heavy atom. The molecule has 0 aliphatic heterocycles. The summed E-state index contributed by atoms with van der Waals surface area (Å²) in [5.74, 6) is -6.35. The van der Waals surface area contributed by atoms with E-state index in [-0.39, 0.29) is 41.3 Å². The summed E-state index contributed by atoms with van der Waals surface area (Å²) < 4.78 is 118. The molecule has 0 amide bonds. The van der Waals surface area contributed by atoms with Crippen molar-refractivity contribution in [1.82, 2.24) is 0 Å². The molecule has 0 saturated carbocycles. The van der Waals surface area contributed by atoms with Crippen molar-refractivity contribution in [3.05, 3.63) is 112 Å².